The number of carbonyl (C=O) groups excluding carboxylic acids is 1. The molecule has 156 valence electrons. The molecule has 1 N–H and O–H groups in total. The van der Waals surface area contributed by atoms with Gasteiger partial charge in [-0.2, -0.15) is 13.2 Å². The Morgan fingerprint density at radius 3 is 2.69 bits per heavy atom. The monoisotopic (exact) mass is 411 g/mol. The van der Waals surface area contributed by atoms with Gasteiger partial charge in [0.2, 0.25) is 0 Å². The third kappa shape index (κ3) is 5.01. The van der Waals surface area contributed by atoms with Crippen molar-refractivity contribution in [3.8, 4) is 0 Å². The number of alkyl halides is 3. The summed E-state index contributed by atoms with van der Waals surface area (Å²) in [6, 6.07) is 4.52. The zero-order valence-electron chi connectivity index (χ0n) is 15.8. The summed E-state index contributed by atoms with van der Waals surface area (Å²) in [5, 5.41) is 3.08. The number of nitrogens with one attached hydrogen (secondary N) is 1. The van der Waals surface area contributed by atoms with Gasteiger partial charge in [-0.1, -0.05) is 12.1 Å². The Morgan fingerprint density at radius 2 is 2.03 bits per heavy atom. The highest BCUT2D eigenvalue weighted by atomic mass is 19.4. The lowest BCUT2D eigenvalue weighted by Crippen LogP contribution is -2.17. The molecule has 2 heterocycles. The third-order valence-electron chi connectivity index (χ3n) is 4.43. The second kappa shape index (κ2) is 8.75. The Balaban J connectivity index is 1.92. The molecule has 1 aromatic carbocycles. The van der Waals surface area contributed by atoms with Crippen molar-refractivity contribution < 1.29 is 32.2 Å². The molecule has 1 aliphatic heterocycles. The van der Waals surface area contributed by atoms with Gasteiger partial charge in [0.15, 0.2) is 6.29 Å². The van der Waals surface area contributed by atoms with Crippen molar-refractivity contribution in [3.05, 3.63) is 53.0 Å². The van der Waals surface area contributed by atoms with Crippen LogP contribution in [-0.4, -0.2) is 36.3 Å². The van der Waals surface area contributed by atoms with Crippen LogP contribution in [0, 0.1) is 0 Å². The van der Waals surface area contributed by atoms with Gasteiger partial charge in [0.05, 0.1) is 43.6 Å². The first-order valence-corrected chi connectivity index (χ1v) is 8.87. The summed E-state index contributed by atoms with van der Waals surface area (Å²) < 4.78 is 54.8. The predicted molar refractivity (Wildman–Crippen MR) is 95.9 cm³/mol. The number of hydrogen-bond donors (Lipinski definition) is 1. The highest BCUT2D eigenvalue weighted by molar-refractivity contribution is 5.73. The SMILES string of the molecule is COC(=O)Cc1ncnc(N[C@H](C)c2cccc(C(F)(F)F)c2)c1C1OCCO1. The summed E-state index contributed by atoms with van der Waals surface area (Å²) >= 11 is 0. The normalized spacial score (nSPS) is 15.9. The van der Waals surface area contributed by atoms with Crippen LogP contribution in [0.15, 0.2) is 30.6 Å². The number of anilines is 1. The summed E-state index contributed by atoms with van der Waals surface area (Å²) in [4.78, 5) is 20.1. The second-order valence-corrected chi connectivity index (χ2v) is 6.40. The molecule has 1 fully saturated rings. The Hall–Kier alpha value is -2.72. The van der Waals surface area contributed by atoms with E-state index in [1.807, 2.05) is 0 Å². The number of esters is 1. The highest BCUT2D eigenvalue weighted by Crippen LogP contribution is 2.34. The molecule has 1 aliphatic rings. The van der Waals surface area contributed by atoms with E-state index in [1.54, 1.807) is 13.0 Å². The van der Waals surface area contributed by atoms with Gasteiger partial charge < -0.3 is 19.5 Å². The van der Waals surface area contributed by atoms with Crippen molar-refractivity contribution in [3.63, 3.8) is 0 Å². The van der Waals surface area contributed by atoms with Crippen LogP contribution in [0.1, 0.15) is 41.6 Å². The predicted octanol–water partition coefficient (Wildman–Crippen LogP) is 3.43. The molecule has 7 nitrogen and oxygen atoms in total. The van der Waals surface area contributed by atoms with E-state index in [-0.39, 0.29) is 6.42 Å². The number of methoxy groups -OCH3 is 1. The number of carbonyl (C=O) groups is 1. The fourth-order valence-electron chi connectivity index (χ4n) is 2.94. The molecule has 29 heavy (non-hydrogen) atoms. The Morgan fingerprint density at radius 1 is 1.31 bits per heavy atom. The van der Waals surface area contributed by atoms with Crippen molar-refractivity contribution in [2.75, 3.05) is 25.6 Å². The van der Waals surface area contributed by atoms with Crippen molar-refractivity contribution >= 4 is 11.8 Å². The van der Waals surface area contributed by atoms with Crippen molar-refractivity contribution in [1.82, 2.24) is 9.97 Å². The van der Waals surface area contributed by atoms with Crippen LogP contribution in [0.5, 0.6) is 0 Å². The summed E-state index contributed by atoms with van der Waals surface area (Å²) in [7, 11) is 1.26. The average molecular weight is 411 g/mol. The molecule has 0 amide bonds. The van der Waals surface area contributed by atoms with Crippen molar-refractivity contribution in [2.45, 2.75) is 31.9 Å². The number of benzene rings is 1. The number of aromatic nitrogens is 2. The molecule has 1 aromatic heterocycles. The highest BCUT2D eigenvalue weighted by Gasteiger charge is 2.31. The molecular formula is C19H20F3N3O4. The van der Waals surface area contributed by atoms with E-state index < -0.39 is 30.0 Å². The zero-order chi connectivity index (χ0) is 21.0. The van der Waals surface area contributed by atoms with Crippen LogP contribution >= 0.6 is 0 Å². The van der Waals surface area contributed by atoms with Gasteiger partial charge in [-0.05, 0) is 24.6 Å². The lowest BCUT2D eigenvalue weighted by atomic mass is 10.0. The van der Waals surface area contributed by atoms with Crippen LogP contribution in [-0.2, 0) is 31.6 Å². The lowest BCUT2D eigenvalue weighted by molar-refractivity contribution is -0.140. The molecule has 0 bridgehead atoms. The lowest BCUT2D eigenvalue weighted by Gasteiger charge is -2.21. The molecule has 2 aromatic rings. The molecule has 10 heteroatoms. The summed E-state index contributed by atoms with van der Waals surface area (Å²) in [5.41, 5.74) is 0.472. The van der Waals surface area contributed by atoms with E-state index in [9.17, 15) is 18.0 Å². The van der Waals surface area contributed by atoms with E-state index in [0.29, 0.717) is 35.9 Å². The first-order valence-electron chi connectivity index (χ1n) is 8.87. The van der Waals surface area contributed by atoms with Crippen LogP contribution < -0.4 is 5.32 Å². The maximum atomic E-state index is 13.0. The smallest absolute Gasteiger partial charge is 0.416 e. The number of rotatable bonds is 6. The maximum Gasteiger partial charge on any atom is 0.416 e. The molecule has 0 spiro atoms. The molecule has 0 unspecified atom stereocenters. The van der Waals surface area contributed by atoms with E-state index >= 15 is 0 Å². The minimum atomic E-state index is -4.44. The Kier molecular flexibility index (Phi) is 6.33. The number of nitrogens with zero attached hydrogens (tertiary/aromatic N) is 2. The van der Waals surface area contributed by atoms with Crippen LogP contribution in [0.4, 0.5) is 19.0 Å². The standard InChI is InChI=1S/C19H20F3N3O4/c1-11(12-4-3-5-13(8-12)19(20,21)22)25-17-16(18-28-6-7-29-18)14(23-10-24-17)9-15(26)27-2/h3-5,8,10-11,18H,6-7,9H2,1-2H3,(H,23,24,25)/t11-/m1/s1. The number of hydrogen-bond acceptors (Lipinski definition) is 7. The van der Waals surface area contributed by atoms with E-state index in [1.165, 1.54) is 19.5 Å². The zero-order valence-corrected chi connectivity index (χ0v) is 15.8. The van der Waals surface area contributed by atoms with Gasteiger partial charge in [0, 0.05) is 6.04 Å². The summed E-state index contributed by atoms with van der Waals surface area (Å²) in [5.74, 6) is -0.185. The van der Waals surface area contributed by atoms with Crippen molar-refractivity contribution in [1.29, 1.82) is 0 Å². The first-order chi connectivity index (χ1) is 13.8. The quantitative estimate of drug-likeness (QED) is 0.730. The molecular weight excluding hydrogens is 391 g/mol. The number of ether oxygens (including phenoxy) is 3. The van der Waals surface area contributed by atoms with Crippen LogP contribution in [0.25, 0.3) is 0 Å². The topological polar surface area (TPSA) is 82.6 Å². The fourth-order valence-corrected chi connectivity index (χ4v) is 2.94. The number of halogens is 3. The van der Waals surface area contributed by atoms with Crippen LogP contribution in [0.2, 0.25) is 0 Å². The molecule has 0 saturated carbocycles. The molecule has 1 atom stereocenters. The Bertz CT molecular complexity index is 870. The molecule has 1 saturated heterocycles. The van der Waals surface area contributed by atoms with Gasteiger partial charge in [-0.3, -0.25) is 4.79 Å². The van der Waals surface area contributed by atoms with Crippen molar-refractivity contribution in [2.24, 2.45) is 0 Å². The Labute approximate surface area is 165 Å². The van der Waals surface area contributed by atoms with Gasteiger partial charge >= 0.3 is 12.1 Å². The third-order valence-corrected chi connectivity index (χ3v) is 4.43. The van der Waals surface area contributed by atoms with Gasteiger partial charge in [0.25, 0.3) is 0 Å². The molecule has 3 rings (SSSR count). The average Bonchev–Trinajstić information content (AvgIpc) is 3.21. The first kappa shape index (κ1) is 21.0. The maximum absolute atomic E-state index is 13.0. The van der Waals surface area contributed by atoms with Crippen LogP contribution in [0.3, 0.4) is 0 Å². The second-order valence-electron chi connectivity index (χ2n) is 6.40. The largest absolute Gasteiger partial charge is 0.469 e. The molecule has 0 aliphatic carbocycles. The minimum absolute atomic E-state index is 0.121. The van der Waals surface area contributed by atoms with E-state index in [0.717, 1.165) is 12.1 Å². The fraction of sp³-hybridized carbons (Fsp3) is 0.421. The minimum Gasteiger partial charge on any atom is -0.469 e. The summed E-state index contributed by atoms with van der Waals surface area (Å²) in [6.07, 6.45) is -4.08. The summed E-state index contributed by atoms with van der Waals surface area (Å²) in [6.45, 7) is 2.43. The molecule has 0 radical (unpaired) electrons. The van der Waals surface area contributed by atoms with Gasteiger partial charge in [-0.15, -0.1) is 0 Å². The van der Waals surface area contributed by atoms with Gasteiger partial charge in [0.1, 0.15) is 12.1 Å². The van der Waals surface area contributed by atoms with E-state index in [4.69, 9.17) is 14.2 Å². The van der Waals surface area contributed by atoms with Gasteiger partial charge in [-0.25, -0.2) is 9.97 Å². The van der Waals surface area contributed by atoms with E-state index in [2.05, 4.69) is 15.3 Å².